The maximum Gasteiger partial charge on any atom is 0.176 e. The molecular formula is C15H18ClNO2. The molecule has 2 atom stereocenters. The Labute approximate surface area is 118 Å². The summed E-state index contributed by atoms with van der Waals surface area (Å²) in [6.07, 6.45) is 3.84. The predicted octanol–water partition coefficient (Wildman–Crippen LogP) is 2.78. The second kappa shape index (κ2) is 5.61. The molecule has 2 aliphatic rings. The van der Waals surface area contributed by atoms with Gasteiger partial charge in [-0.25, -0.2) is 0 Å². The third kappa shape index (κ3) is 2.83. The molecule has 1 saturated heterocycles. The average molecular weight is 280 g/mol. The summed E-state index contributed by atoms with van der Waals surface area (Å²) in [5.41, 5.74) is 0.741. The van der Waals surface area contributed by atoms with Gasteiger partial charge in [-0.3, -0.25) is 9.69 Å². The number of fused-ring (bicyclic) bond motifs is 1. The number of nitrogens with zero attached hydrogens (tertiary/aromatic N) is 1. The van der Waals surface area contributed by atoms with E-state index < -0.39 is 0 Å². The Bertz CT molecular complexity index is 460. The monoisotopic (exact) mass is 279 g/mol. The summed E-state index contributed by atoms with van der Waals surface area (Å²) >= 11 is 5.84. The lowest BCUT2D eigenvalue weighted by Gasteiger charge is -2.37. The van der Waals surface area contributed by atoms with Crippen molar-refractivity contribution in [3.05, 3.63) is 34.9 Å². The molecule has 19 heavy (non-hydrogen) atoms. The first-order valence-electron chi connectivity index (χ1n) is 6.88. The standard InChI is InChI=1S/C15H18ClNO2/c16-12-6-4-11(5-7-12)14(18)10-17-8-9-19-15-3-1-2-13(15)17/h4-7,13,15H,1-3,8-10H2. The second-order valence-electron chi connectivity index (χ2n) is 5.31. The molecule has 0 amide bonds. The summed E-state index contributed by atoms with van der Waals surface area (Å²) in [7, 11) is 0. The zero-order valence-corrected chi connectivity index (χ0v) is 11.6. The Hall–Kier alpha value is -0.900. The van der Waals surface area contributed by atoms with E-state index in [1.165, 1.54) is 6.42 Å². The van der Waals surface area contributed by atoms with Crippen molar-refractivity contribution in [3.8, 4) is 0 Å². The largest absolute Gasteiger partial charge is 0.375 e. The summed E-state index contributed by atoms with van der Waals surface area (Å²) in [6.45, 7) is 2.10. The minimum atomic E-state index is 0.171. The van der Waals surface area contributed by atoms with Gasteiger partial charge in [-0.1, -0.05) is 11.6 Å². The van der Waals surface area contributed by atoms with E-state index in [9.17, 15) is 4.79 Å². The molecular weight excluding hydrogens is 262 g/mol. The van der Waals surface area contributed by atoms with Crippen LogP contribution < -0.4 is 0 Å². The Morgan fingerprint density at radius 3 is 2.89 bits per heavy atom. The molecule has 0 N–H and O–H groups in total. The van der Waals surface area contributed by atoms with Crippen LogP contribution in [0.25, 0.3) is 0 Å². The van der Waals surface area contributed by atoms with Crippen molar-refractivity contribution in [2.75, 3.05) is 19.7 Å². The SMILES string of the molecule is O=C(CN1CCOC2CCCC21)c1ccc(Cl)cc1. The van der Waals surface area contributed by atoms with E-state index >= 15 is 0 Å². The van der Waals surface area contributed by atoms with Crippen molar-refractivity contribution in [1.29, 1.82) is 0 Å². The van der Waals surface area contributed by atoms with Crippen LogP contribution >= 0.6 is 11.6 Å². The lowest BCUT2D eigenvalue weighted by molar-refractivity contribution is -0.0522. The highest BCUT2D eigenvalue weighted by Crippen LogP contribution is 2.29. The molecule has 2 unspecified atom stereocenters. The van der Waals surface area contributed by atoms with E-state index in [0.29, 0.717) is 23.7 Å². The minimum Gasteiger partial charge on any atom is -0.375 e. The van der Waals surface area contributed by atoms with E-state index in [1.807, 2.05) is 0 Å². The van der Waals surface area contributed by atoms with Crippen molar-refractivity contribution in [3.63, 3.8) is 0 Å². The molecule has 4 heteroatoms. The highest BCUT2D eigenvalue weighted by molar-refractivity contribution is 6.30. The number of rotatable bonds is 3. The lowest BCUT2D eigenvalue weighted by atomic mass is 10.1. The van der Waals surface area contributed by atoms with E-state index in [4.69, 9.17) is 16.3 Å². The second-order valence-corrected chi connectivity index (χ2v) is 5.74. The fraction of sp³-hybridized carbons (Fsp3) is 0.533. The van der Waals surface area contributed by atoms with Gasteiger partial charge in [0.25, 0.3) is 0 Å². The zero-order chi connectivity index (χ0) is 13.2. The molecule has 1 aliphatic heterocycles. The summed E-state index contributed by atoms with van der Waals surface area (Å²) in [6, 6.07) is 7.58. The fourth-order valence-electron chi connectivity index (χ4n) is 3.11. The maximum atomic E-state index is 12.3. The normalized spacial score (nSPS) is 27.2. The van der Waals surface area contributed by atoms with Crippen LogP contribution in [0.15, 0.2) is 24.3 Å². The van der Waals surface area contributed by atoms with Crippen molar-refractivity contribution >= 4 is 17.4 Å². The maximum absolute atomic E-state index is 12.3. The molecule has 2 fully saturated rings. The molecule has 1 aromatic rings. The first-order chi connectivity index (χ1) is 9.24. The number of ketones is 1. The van der Waals surface area contributed by atoms with E-state index in [2.05, 4.69) is 4.90 Å². The number of ether oxygens (including phenoxy) is 1. The lowest BCUT2D eigenvalue weighted by Crippen LogP contribution is -2.50. The number of halogens is 1. The van der Waals surface area contributed by atoms with Gasteiger partial charge >= 0.3 is 0 Å². The van der Waals surface area contributed by atoms with Crippen LogP contribution in [0.5, 0.6) is 0 Å². The number of carbonyl (C=O) groups is 1. The van der Waals surface area contributed by atoms with Crippen LogP contribution in [-0.2, 0) is 4.74 Å². The average Bonchev–Trinajstić information content (AvgIpc) is 2.89. The van der Waals surface area contributed by atoms with Crippen LogP contribution in [0.4, 0.5) is 0 Å². The Morgan fingerprint density at radius 2 is 2.11 bits per heavy atom. The van der Waals surface area contributed by atoms with Crippen LogP contribution in [-0.4, -0.2) is 42.5 Å². The Balaban J connectivity index is 1.67. The highest BCUT2D eigenvalue weighted by Gasteiger charge is 2.36. The topological polar surface area (TPSA) is 29.5 Å². The molecule has 1 heterocycles. The van der Waals surface area contributed by atoms with Crippen molar-refractivity contribution in [2.45, 2.75) is 31.4 Å². The van der Waals surface area contributed by atoms with Gasteiger partial charge in [0.1, 0.15) is 0 Å². The van der Waals surface area contributed by atoms with Crippen molar-refractivity contribution in [2.24, 2.45) is 0 Å². The van der Waals surface area contributed by atoms with Gasteiger partial charge in [-0.05, 0) is 43.5 Å². The smallest absolute Gasteiger partial charge is 0.176 e. The van der Waals surface area contributed by atoms with Crippen LogP contribution in [0, 0.1) is 0 Å². The van der Waals surface area contributed by atoms with E-state index in [1.54, 1.807) is 24.3 Å². The molecule has 1 aromatic carbocycles. The number of benzene rings is 1. The summed E-state index contributed by atoms with van der Waals surface area (Å²) in [5.74, 6) is 0.171. The number of carbonyl (C=O) groups excluding carboxylic acids is 1. The fourth-order valence-corrected chi connectivity index (χ4v) is 3.24. The molecule has 0 spiro atoms. The summed E-state index contributed by atoms with van der Waals surface area (Å²) in [5, 5.41) is 0.666. The quantitative estimate of drug-likeness (QED) is 0.797. The molecule has 0 aromatic heterocycles. The highest BCUT2D eigenvalue weighted by atomic mass is 35.5. The molecule has 102 valence electrons. The predicted molar refractivity (Wildman–Crippen MR) is 74.7 cm³/mol. The van der Waals surface area contributed by atoms with Crippen LogP contribution in [0.1, 0.15) is 29.6 Å². The summed E-state index contributed by atoms with van der Waals surface area (Å²) < 4.78 is 5.76. The van der Waals surface area contributed by atoms with Crippen LogP contribution in [0.3, 0.4) is 0 Å². The van der Waals surface area contributed by atoms with Gasteiger partial charge in [0.05, 0.1) is 19.3 Å². The minimum absolute atomic E-state index is 0.171. The van der Waals surface area contributed by atoms with E-state index in [-0.39, 0.29) is 5.78 Å². The first-order valence-corrected chi connectivity index (χ1v) is 7.26. The molecule has 1 saturated carbocycles. The van der Waals surface area contributed by atoms with Gasteiger partial charge in [0, 0.05) is 23.2 Å². The molecule has 0 bridgehead atoms. The molecule has 1 aliphatic carbocycles. The Morgan fingerprint density at radius 1 is 1.32 bits per heavy atom. The number of morpholine rings is 1. The molecule has 3 rings (SSSR count). The third-order valence-corrected chi connectivity index (χ3v) is 4.36. The summed E-state index contributed by atoms with van der Waals surface area (Å²) in [4.78, 5) is 14.6. The zero-order valence-electron chi connectivity index (χ0n) is 10.8. The number of hydrogen-bond acceptors (Lipinski definition) is 3. The molecule has 0 radical (unpaired) electrons. The van der Waals surface area contributed by atoms with Gasteiger partial charge in [-0.15, -0.1) is 0 Å². The van der Waals surface area contributed by atoms with Crippen molar-refractivity contribution < 1.29 is 9.53 Å². The van der Waals surface area contributed by atoms with Gasteiger partial charge < -0.3 is 4.74 Å². The molecule has 3 nitrogen and oxygen atoms in total. The number of Topliss-reactive ketones (excluding diaryl/α,β-unsaturated/α-hetero) is 1. The van der Waals surface area contributed by atoms with Crippen molar-refractivity contribution in [1.82, 2.24) is 4.90 Å². The van der Waals surface area contributed by atoms with Crippen LogP contribution in [0.2, 0.25) is 5.02 Å². The van der Waals surface area contributed by atoms with Gasteiger partial charge in [-0.2, -0.15) is 0 Å². The Kier molecular flexibility index (Phi) is 3.87. The van der Waals surface area contributed by atoms with Gasteiger partial charge in [0.2, 0.25) is 0 Å². The van der Waals surface area contributed by atoms with Gasteiger partial charge in [0.15, 0.2) is 5.78 Å². The third-order valence-electron chi connectivity index (χ3n) is 4.11. The first kappa shape index (κ1) is 13.1. The van der Waals surface area contributed by atoms with E-state index in [0.717, 1.165) is 31.6 Å². The number of hydrogen-bond donors (Lipinski definition) is 0.